The molecule has 0 unspecified atom stereocenters. The molecule has 0 radical (unpaired) electrons. The summed E-state index contributed by atoms with van der Waals surface area (Å²) in [6.07, 6.45) is 0.949. The molecule has 0 aliphatic carbocycles. The second-order valence-electron chi connectivity index (χ2n) is 3.90. The first-order chi connectivity index (χ1) is 9.70. The highest BCUT2D eigenvalue weighted by Gasteiger charge is 2.10. The monoisotopic (exact) mass is 294 g/mol. The van der Waals surface area contributed by atoms with Gasteiger partial charge in [0.25, 0.3) is 0 Å². The Balaban J connectivity index is 2.11. The molecule has 1 aromatic heterocycles. The van der Waals surface area contributed by atoms with E-state index in [4.69, 9.17) is 9.84 Å². The van der Waals surface area contributed by atoms with Crippen LogP contribution in [0.2, 0.25) is 0 Å². The van der Waals surface area contributed by atoms with Crippen LogP contribution >= 0.6 is 11.8 Å². The fourth-order valence-corrected chi connectivity index (χ4v) is 2.07. The van der Waals surface area contributed by atoms with Crippen LogP contribution in [0.25, 0.3) is 5.69 Å². The SMILES string of the molecule is CCCOc1ccc(-n2nnnc2SCC(=O)O)cc1. The Morgan fingerprint density at radius 3 is 2.80 bits per heavy atom. The molecule has 20 heavy (non-hydrogen) atoms. The van der Waals surface area contributed by atoms with E-state index in [1.807, 2.05) is 31.2 Å². The fraction of sp³-hybridized carbons (Fsp3) is 0.333. The van der Waals surface area contributed by atoms with Crippen molar-refractivity contribution in [3.63, 3.8) is 0 Å². The largest absolute Gasteiger partial charge is 0.494 e. The van der Waals surface area contributed by atoms with E-state index in [0.29, 0.717) is 11.8 Å². The van der Waals surface area contributed by atoms with Gasteiger partial charge in [0.15, 0.2) is 0 Å². The normalized spacial score (nSPS) is 10.4. The van der Waals surface area contributed by atoms with Gasteiger partial charge in [-0.15, -0.1) is 5.10 Å². The first-order valence-electron chi connectivity index (χ1n) is 6.07. The van der Waals surface area contributed by atoms with Crippen LogP contribution in [0.5, 0.6) is 5.75 Å². The fourth-order valence-electron chi connectivity index (χ4n) is 1.46. The van der Waals surface area contributed by atoms with Crippen molar-refractivity contribution in [2.45, 2.75) is 18.5 Å². The van der Waals surface area contributed by atoms with Crippen molar-refractivity contribution in [1.29, 1.82) is 0 Å². The molecule has 2 rings (SSSR count). The highest BCUT2D eigenvalue weighted by atomic mass is 32.2. The topological polar surface area (TPSA) is 90.1 Å². The van der Waals surface area contributed by atoms with E-state index in [2.05, 4.69) is 15.5 Å². The lowest BCUT2D eigenvalue weighted by molar-refractivity contribution is -0.133. The summed E-state index contributed by atoms with van der Waals surface area (Å²) in [4.78, 5) is 10.6. The number of carboxylic acids is 1. The number of hydrogen-bond donors (Lipinski definition) is 1. The number of benzene rings is 1. The van der Waals surface area contributed by atoms with Gasteiger partial charge in [-0.2, -0.15) is 4.68 Å². The quantitative estimate of drug-likeness (QED) is 0.776. The van der Waals surface area contributed by atoms with Crippen LogP contribution in [0.15, 0.2) is 29.4 Å². The molecule has 0 amide bonds. The minimum Gasteiger partial charge on any atom is -0.494 e. The number of thioether (sulfide) groups is 1. The van der Waals surface area contributed by atoms with Gasteiger partial charge in [0.1, 0.15) is 5.75 Å². The minimum absolute atomic E-state index is 0.0852. The van der Waals surface area contributed by atoms with Gasteiger partial charge in [0.05, 0.1) is 18.0 Å². The molecule has 0 aliphatic heterocycles. The van der Waals surface area contributed by atoms with E-state index < -0.39 is 5.97 Å². The van der Waals surface area contributed by atoms with Crippen LogP contribution in [0.1, 0.15) is 13.3 Å². The highest BCUT2D eigenvalue weighted by Crippen LogP contribution is 2.20. The summed E-state index contributed by atoms with van der Waals surface area (Å²) in [5.74, 6) is -0.214. The Hall–Kier alpha value is -2.09. The summed E-state index contributed by atoms with van der Waals surface area (Å²) in [6.45, 7) is 2.71. The molecule has 0 aliphatic rings. The summed E-state index contributed by atoms with van der Waals surface area (Å²) in [5, 5.41) is 20.3. The van der Waals surface area contributed by atoms with E-state index in [-0.39, 0.29) is 5.75 Å². The molecule has 0 saturated heterocycles. The summed E-state index contributed by atoms with van der Waals surface area (Å²) in [7, 11) is 0. The molecular weight excluding hydrogens is 280 g/mol. The second-order valence-corrected chi connectivity index (χ2v) is 4.84. The third-order valence-electron chi connectivity index (χ3n) is 2.32. The lowest BCUT2D eigenvalue weighted by atomic mass is 10.3. The third kappa shape index (κ3) is 3.70. The number of tetrazole rings is 1. The van der Waals surface area contributed by atoms with E-state index >= 15 is 0 Å². The maximum Gasteiger partial charge on any atom is 0.313 e. The zero-order chi connectivity index (χ0) is 14.4. The van der Waals surface area contributed by atoms with Crippen molar-refractivity contribution in [2.75, 3.05) is 12.4 Å². The minimum atomic E-state index is -0.909. The van der Waals surface area contributed by atoms with E-state index in [0.717, 1.165) is 29.6 Å². The maximum atomic E-state index is 10.6. The lowest BCUT2D eigenvalue weighted by Gasteiger charge is -2.06. The smallest absolute Gasteiger partial charge is 0.313 e. The Morgan fingerprint density at radius 1 is 1.40 bits per heavy atom. The van der Waals surface area contributed by atoms with Crippen molar-refractivity contribution >= 4 is 17.7 Å². The van der Waals surface area contributed by atoms with Gasteiger partial charge in [0, 0.05) is 0 Å². The molecule has 1 N–H and O–H groups in total. The van der Waals surface area contributed by atoms with Crippen LogP contribution in [0, 0.1) is 0 Å². The summed E-state index contributed by atoms with van der Waals surface area (Å²) in [6, 6.07) is 7.31. The molecule has 8 heteroatoms. The van der Waals surface area contributed by atoms with Gasteiger partial charge in [-0.05, 0) is 41.1 Å². The molecule has 0 saturated carbocycles. The zero-order valence-electron chi connectivity index (χ0n) is 10.9. The molecule has 0 spiro atoms. The number of hydrogen-bond acceptors (Lipinski definition) is 6. The average molecular weight is 294 g/mol. The van der Waals surface area contributed by atoms with Crippen molar-refractivity contribution < 1.29 is 14.6 Å². The predicted octanol–water partition coefficient (Wildman–Crippen LogP) is 1.63. The molecule has 0 fully saturated rings. The number of aromatic nitrogens is 4. The Labute approximate surface area is 119 Å². The number of ether oxygens (including phenoxy) is 1. The maximum absolute atomic E-state index is 10.6. The standard InChI is InChI=1S/C12H14N4O3S/c1-2-7-19-10-5-3-9(4-6-10)16-12(13-14-15-16)20-8-11(17)18/h3-6H,2,7-8H2,1H3,(H,17,18). The second kappa shape index (κ2) is 6.90. The number of aliphatic carboxylic acids is 1. The van der Waals surface area contributed by atoms with Crippen molar-refractivity contribution in [3.8, 4) is 11.4 Å². The van der Waals surface area contributed by atoms with Crippen molar-refractivity contribution in [3.05, 3.63) is 24.3 Å². The van der Waals surface area contributed by atoms with Gasteiger partial charge in [-0.3, -0.25) is 4.79 Å². The van der Waals surface area contributed by atoms with Gasteiger partial charge in [-0.25, -0.2) is 0 Å². The van der Waals surface area contributed by atoms with Crippen LogP contribution in [0.3, 0.4) is 0 Å². The predicted molar refractivity (Wildman–Crippen MR) is 73.3 cm³/mol. The number of carboxylic acid groups (broad SMARTS) is 1. The Bertz CT molecular complexity index is 570. The molecule has 1 heterocycles. The average Bonchev–Trinajstić information content (AvgIpc) is 2.92. The van der Waals surface area contributed by atoms with Crippen molar-refractivity contribution in [1.82, 2.24) is 20.2 Å². The first-order valence-corrected chi connectivity index (χ1v) is 7.05. The van der Waals surface area contributed by atoms with Crippen LogP contribution in [-0.4, -0.2) is 43.6 Å². The zero-order valence-corrected chi connectivity index (χ0v) is 11.7. The summed E-state index contributed by atoms with van der Waals surface area (Å²) >= 11 is 1.07. The summed E-state index contributed by atoms with van der Waals surface area (Å²) in [5.41, 5.74) is 0.756. The summed E-state index contributed by atoms with van der Waals surface area (Å²) < 4.78 is 6.99. The Morgan fingerprint density at radius 2 is 2.15 bits per heavy atom. The molecule has 1 aromatic carbocycles. The van der Waals surface area contributed by atoms with Crippen LogP contribution in [-0.2, 0) is 4.79 Å². The van der Waals surface area contributed by atoms with E-state index in [1.165, 1.54) is 4.68 Å². The Kier molecular flexibility index (Phi) is 4.94. The van der Waals surface area contributed by atoms with Gasteiger partial charge in [-0.1, -0.05) is 18.7 Å². The van der Waals surface area contributed by atoms with Gasteiger partial charge >= 0.3 is 5.97 Å². The molecular formula is C12H14N4O3S. The number of rotatable bonds is 7. The third-order valence-corrected chi connectivity index (χ3v) is 3.22. The lowest BCUT2D eigenvalue weighted by Crippen LogP contribution is -2.03. The number of carbonyl (C=O) groups is 1. The van der Waals surface area contributed by atoms with Crippen LogP contribution in [0.4, 0.5) is 0 Å². The van der Waals surface area contributed by atoms with Gasteiger partial charge in [0.2, 0.25) is 5.16 Å². The molecule has 106 valence electrons. The van der Waals surface area contributed by atoms with Crippen molar-refractivity contribution in [2.24, 2.45) is 0 Å². The van der Waals surface area contributed by atoms with Crippen LogP contribution < -0.4 is 4.74 Å². The van der Waals surface area contributed by atoms with Gasteiger partial charge < -0.3 is 9.84 Å². The van der Waals surface area contributed by atoms with E-state index in [9.17, 15) is 4.79 Å². The molecule has 0 atom stereocenters. The van der Waals surface area contributed by atoms with E-state index in [1.54, 1.807) is 0 Å². The number of nitrogens with zero attached hydrogens (tertiary/aromatic N) is 4. The first kappa shape index (κ1) is 14.3. The molecule has 0 bridgehead atoms. The molecule has 7 nitrogen and oxygen atoms in total. The highest BCUT2D eigenvalue weighted by molar-refractivity contribution is 7.99. The molecule has 2 aromatic rings.